The fourth-order valence-electron chi connectivity index (χ4n) is 2.64. The van der Waals surface area contributed by atoms with Crippen LogP contribution in [0.1, 0.15) is 16.7 Å². The van der Waals surface area contributed by atoms with Crippen LogP contribution in [0.3, 0.4) is 0 Å². The van der Waals surface area contributed by atoms with Crippen molar-refractivity contribution in [2.75, 3.05) is 12.4 Å². The first-order valence-corrected chi connectivity index (χ1v) is 8.96. The molecule has 6 nitrogen and oxygen atoms in total. The van der Waals surface area contributed by atoms with E-state index in [0.717, 1.165) is 5.56 Å². The minimum absolute atomic E-state index is 0.141. The predicted octanol–water partition coefficient (Wildman–Crippen LogP) is 4.85. The fourth-order valence-corrected chi connectivity index (χ4v) is 2.64. The number of nitrogens with one attached hydrogen (secondary N) is 1. The number of anilines is 1. The first-order valence-electron chi connectivity index (χ1n) is 8.96. The van der Waals surface area contributed by atoms with Gasteiger partial charge in [0.1, 0.15) is 17.4 Å². The normalized spacial score (nSPS) is 10.5. The Morgan fingerprint density at radius 3 is 2.77 bits per heavy atom. The van der Waals surface area contributed by atoms with E-state index in [-0.39, 0.29) is 17.5 Å². The van der Waals surface area contributed by atoms with E-state index < -0.39 is 5.82 Å². The van der Waals surface area contributed by atoms with E-state index in [4.69, 9.17) is 14.7 Å². The Bertz CT molecular complexity index is 1150. The van der Waals surface area contributed by atoms with Gasteiger partial charge in [0.25, 0.3) is 0 Å². The average Bonchev–Trinajstić information content (AvgIpc) is 2.74. The second-order valence-corrected chi connectivity index (χ2v) is 6.26. The van der Waals surface area contributed by atoms with Crippen LogP contribution in [0, 0.1) is 24.1 Å². The number of nitriles is 1. The monoisotopic (exact) mass is 403 g/mol. The fraction of sp³-hybridized carbons (Fsp3) is 0.0870. The number of methoxy groups -OCH3 is 1. The molecule has 1 amide bonds. The summed E-state index contributed by atoms with van der Waals surface area (Å²) in [5.74, 6) is -0.0173. The van der Waals surface area contributed by atoms with E-state index in [1.54, 1.807) is 42.6 Å². The van der Waals surface area contributed by atoms with Crippen LogP contribution in [-0.2, 0) is 4.79 Å². The van der Waals surface area contributed by atoms with Crippen LogP contribution in [0.25, 0.3) is 6.08 Å². The van der Waals surface area contributed by atoms with Gasteiger partial charge >= 0.3 is 0 Å². The molecule has 3 aromatic rings. The summed E-state index contributed by atoms with van der Waals surface area (Å²) in [6.45, 7) is 1.81. The van der Waals surface area contributed by atoms with Gasteiger partial charge in [0.05, 0.1) is 7.11 Å². The Balaban J connectivity index is 1.67. The van der Waals surface area contributed by atoms with Crippen molar-refractivity contribution in [3.63, 3.8) is 0 Å². The molecule has 1 heterocycles. The highest BCUT2D eigenvalue weighted by Gasteiger charge is 2.08. The number of nitrogens with zero attached hydrogens (tertiary/aromatic N) is 2. The summed E-state index contributed by atoms with van der Waals surface area (Å²) in [4.78, 5) is 16.3. The molecule has 0 bridgehead atoms. The van der Waals surface area contributed by atoms with Crippen LogP contribution >= 0.6 is 0 Å². The van der Waals surface area contributed by atoms with Crippen molar-refractivity contribution in [3.8, 4) is 23.4 Å². The number of aromatic nitrogens is 1. The van der Waals surface area contributed by atoms with Crippen LogP contribution in [0.2, 0.25) is 0 Å². The largest absolute Gasteiger partial charge is 0.494 e. The van der Waals surface area contributed by atoms with Crippen LogP contribution < -0.4 is 14.8 Å². The number of aryl methyl sites for hydroxylation is 1. The van der Waals surface area contributed by atoms with E-state index in [2.05, 4.69) is 10.3 Å². The van der Waals surface area contributed by atoms with Gasteiger partial charge in [0.2, 0.25) is 11.8 Å². The summed E-state index contributed by atoms with van der Waals surface area (Å²) >= 11 is 0. The van der Waals surface area contributed by atoms with Crippen LogP contribution in [-0.4, -0.2) is 18.0 Å². The van der Waals surface area contributed by atoms with Gasteiger partial charge in [-0.25, -0.2) is 9.37 Å². The number of ether oxygens (including phenoxy) is 2. The maximum absolute atomic E-state index is 13.7. The molecule has 150 valence electrons. The number of amides is 1. The highest BCUT2D eigenvalue weighted by molar-refractivity contribution is 6.02. The van der Waals surface area contributed by atoms with Crippen molar-refractivity contribution in [2.45, 2.75) is 6.92 Å². The summed E-state index contributed by atoms with van der Waals surface area (Å²) in [6.07, 6.45) is 4.37. The second-order valence-electron chi connectivity index (χ2n) is 6.26. The zero-order valence-corrected chi connectivity index (χ0v) is 16.3. The molecule has 0 unspecified atom stereocenters. The Labute approximate surface area is 173 Å². The molecule has 7 heteroatoms. The zero-order chi connectivity index (χ0) is 21.5. The third-order valence-corrected chi connectivity index (χ3v) is 4.16. The van der Waals surface area contributed by atoms with Gasteiger partial charge in [-0.3, -0.25) is 4.79 Å². The summed E-state index contributed by atoms with van der Waals surface area (Å²) in [7, 11) is 1.39. The van der Waals surface area contributed by atoms with Gasteiger partial charge in [0.15, 0.2) is 11.6 Å². The van der Waals surface area contributed by atoms with Gasteiger partial charge < -0.3 is 14.8 Å². The number of benzene rings is 2. The van der Waals surface area contributed by atoms with Gasteiger partial charge in [-0.1, -0.05) is 6.07 Å². The highest BCUT2D eigenvalue weighted by atomic mass is 19.1. The van der Waals surface area contributed by atoms with Gasteiger partial charge in [-0.2, -0.15) is 5.26 Å². The summed E-state index contributed by atoms with van der Waals surface area (Å²) in [5.41, 5.74) is 2.22. The third-order valence-electron chi connectivity index (χ3n) is 4.16. The topological polar surface area (TPSA) is 84.2 Å². The van der Waals surface area contributed by atoms with E-state index in [1.807, 2.05) is 13.0 Å². The quantitative estimate of drug-likeness (QED) is 0.595. The van der Waals surface area contributed by atoms with Gasteiger partial charge in [0, 0.05) is 18.0 Å². The molecule has 0 aliphatic heterocycles. The minimum Gasteiger partial charge on any atom is -0.494 e. The lowest BCUT2D eigenvalue weighted by Crippen LogP contribution is -2.09. The molecule has 1 aromatic heterocycles. The van der Waals surface area contributed by atoms with Crippen LogP contribution in [0.15, 0.2) is 60.8 Å². The number of rotatable bonds is 6. The Morgan fingerprint density at radius 2 is 2.07 bits per heavy atom. The number of carbonyl (C=O) groups is 1. The molecule has 0 spiro atoms. The maximum Gasteiger partial charge on any atom is 0.248 e. The molecule has 3 rings (SSSR count). The van der Waals surface area contributed by atoms with E-state index in [0.29, 0.717) is 22.6 Å². The lowest BCUT2D eigenvalue weighted by Gasteiger charge is -2.10. The molecule has 0 atom stereocenters. The molecule has 1 N–H and O–H groups in total. The Morgan fingerprint density at radius 1 is 1.23 bits per heavy atom. The Kier molecular flexibility index (Phi) is 6.40. The number of hydrogen-bond donors (Lipinski definition) is 1. The van der Waals surface area contributed by atoms with Crippen molar-refractivity contribution < 1.29 is 18.7 Å². The van der Waals surface area contributed by atoms with E-state index in [9.17, 15) is 9.18 Å². The maximum atomic E-state index is 13.7. The zero-order valence-electron chi connectivity index (χ0n) is 16.3. The highest BCUT2D eigenvalue weighted by Crippen LogP contribution is 2.27. The molecular weight excluding hydrogens is 385 g/mol. The lowest BCUT2D eigenvalue weighted by atomic mass is 10.1. The van der Waals surface area contributed by atoms with E-state index in [1.165, 1.54) is 31.4 Å². The first kappa shape index (κ1) is 20.6. The summed E-state index contributed by atoms with van der Waals surface area (Å²) in [6, 6.07) is 14.8. The molecular formula is C23H18FN3O3. The lowest BCUT2D eigenvalue weighted by molar-refractivity contribution is -0.111. The smallest absolute Gasteiger partial charge is 0.248 e. The number of carbonyl (C=O) groups excluding carboxylic acids is 1. The molecule has 0 saturated carbocycles. The Hall–Kier alpha value is -4.18. The van der Waals surface area contributed by atoms with Crippen molar-refractivity contribution in [1.82, 2.24) is 4.98 Å². The predicted molar refractivity (Wildman–Crippen MR) is 111 cm³/mol. The SMILES string of the molecule is COc1ccc(/C=C/C(=O)Nc2ccc(Oc3ncccc3C#N)cc2C)cc1F. The number of pyridine rings is 1. The molecule has 0 fully saturated rings. The molecule has 0 saturated heterocycles. The van der Waals surface area contributed by atoms with Crippen molar-refractivity contribution in [1.29, 1.82) is 5.26 Å². The van der Waals surface area contributed by atoms with Crippen molar-refractivity contribution in [3.05, 3.63) is 83.3 Å². The summed E-state index contributed by atoms with van der Waals surface area (Å²) in [5, 5.41) is 11.9. The molecule has 0 radical (unpaired) electrons. The summed E-state index contributed by atoms with van der Waals surface area (Å²) < 4.78 is 24.3. The first-order chi connectivity index (χ1) is 14.5. The van der Waals surface area contributed by atoms with Gasteiger partial charge in [-0.15, -0.1) is 0 Å². The third kappa shape index (κ3) is 5.00. The van der Waals surface area contributed by atoms with Crippen molar-refractivity contribution >= 4 is 17.7 Å². The average molecular weight is 403 g/mol. The standard InChI is InChI=1S/C23H18FN3O3/c1-15-12-18(30-23-17(14-25)4-3-11-26-23)7-8-20(15)27-22(28)10-6-16-5-9-21(29-2)19(24)13-16/h3-13H,1-2H3,(H,27,28)/b10-6+. The van der Waals surface area contributed by atoms with Crippen molar-refractivity contribution in [2.24, 2.45) is 0 Å². The number of halogens is 1. The molecule has 2 aromatic carbocycles. The molecule has 0 aliphatic rings. The number of hydrogen-bond acceptors (Lipinski definition) is 5. The molecule has 0 aliphatic carbocycles. The van der Waals surface area contributed by atoms with Gasteiger partial charge in [-0.05, 0) is 66.6 Å². The minimum atomic E-state index is -0.501. The van der Waals surface area contributed by atoms with E-state index >= 15 is 0 Å². The second kappa shape index (κ2) is 9.34. The van der Waals surface area contributed by atoms with Crippen LogP contribution in [0.5, 0.6) is 17.4 Å². The molecule has 30 heavy (non-hydrogen) atoms. The van der Waals surface area contributed by atoms with Crippen LogP contribution in [0.4, 0.5) is 10.1 Å².